The van der Waals surface area contributed by atoms with Gasteiger partial charge in [-0.3, -0.25) is 4.68 Å². The smallest absolute Gasteiger partial charge is 0.133 e. The Balaban J connectivity index is 2.27. The summed E-state index contributed by atoms with van der Waals surface area (Å²) in [4.78, 5) is 0. The highest BCUT2D eigenvalue weighted by atomic mass is 35.5. The van der Waals surface area contributed by atoms with Gasteiger partial charge in [0.25, 0.3) is 0 Å². The maximum absolute atomic E-state index is 5.98. The van der Waals surface area contributed by atoms with Crippen LogP contribution in [0.2, 0.25) is 5.02 Å². The summed E-state index contributed by atoms with van der Waals surface area (Å²) in [6.45, 7) is 3.11. The van der Waals surface area contributed by atoms with Gasteiger partial charge in [0.15, 0.2) is 0 Å². The molecule has 1 heterocycles. The first-order chi connectivity index (χ1) is 5.83. The van der Waals surface area contributed by atoms with Crippen LogP contribution in [0.5, 0.6) is 0 Å². The molecule has 1 fully saturated rings. The molecule has 0 aliphatic heterocycles. The molecule has 1 aromatic heterocycles. The van der Waals surface area contributed by atoms with Crippen molar-refractivity contribution in [1.82, 2.24) is 9.78 Å². The van der Waals surface area contributed by atoms with E-state index in [0.29, 0.717) is 5.92 Å². The average molecular weight is 184 g/mol. The van der Waals surface area contributed by atoms with E-state index in [-0.39, 0.29) is 0 Å². The third-order valence-corrected chi connectivity index (χ3v) is 2.45. The minimum Gasteiger partial charge on any atom is -0.267 e. The molecule has 0 bridgehead atoms. The van der Waals surface area contributed by atoms with Gasteiger partial charge in [-0.05, 0) is 19.3 Å². The first-order valence-electron chi connectivity index (χ1n) is 4.46. The Morgan fingerprint density at radius 1 is 1.67 bits per heavy atom. The Kier molecular flexibility index (Phi) is 2.09. The quantitative estimate of drug-likeness (QED) is 0.705. The first kappa shape index (κ1) is 8.11. The van der Waals surface area contributed by atoms with Crippen LogP contribution in [0.1, 0.15) is 37.8 Å². The lowest BCUT2D eigenvalue weighted by atomic mass is 10.3. The van der Waals surface area contributed by atoms with E-state index >= 15 is 0 Å². The number of hydrogen-bond donors (Lipinski definition) is 0. The van der Waals surface area contributed by atoms with Crippen LogP contribution < -0.4 is 0 Å². The molecule has 1 saturated carbocycles. The molecule has 0 aromatic carbocycles. The number of hydrogen-bond acceptors (Lipinski definition) is 1. The lowest BCUT2D eigenvalue weighted by Crippen LogP contribution is -2.03. The van der Waals surface area contributed by atoms with Crippen molar-refractivity contribution in [3.8, 4) is 0 Å². The number of nitrogens with zero attached hydrogens (tertiary/aromatic N) is 2. The second-order valence-electron chi connectivity index (χ2n) is 3.31. The average Bonchev–Trinajstić information content (AvgIpc) is 2.80. The van der Waals surface area contributed by atoms with Gasteiger partial charge in [-0.1, -0.05) is 18.5 Å². The summed E-state index contributed by atoms with van der Waals surface area (Å²) in [5.74, 6) is 0.669. The first-order valence-corrected chi connectivity index (χ1v) is 4.84. The van der Waals surface area contributed by atoms with Crippen molar-refractivity contribution < 1.29 is 0 Å². The minimum absolute atomic E-state index is 0.669. The van der Waals surface area contributed by atoms with E-state index < -0.39 is 0 Å². The fraction of sp³-hybridized carbons (Fsp3) is 0.667. The van der Waals surface area contributed by atoms with Crippen LogP contribution in [0.25, 0.3) is 0 Å². The molecule has 2 rings (SSSR count). The second kappa shape index (κ2) is 3.09. The van der Waals surface area contributed by atoms with Crippen molar-refractivity contribution in [2.45, 2.75) is 38.6 Å². The largest absolute Gasteiger partial charge is 0.267 e. The van der Waals surface area contributed by atoms with E-state index in [0.717, 1.165) is 18.0 Å². The standard InChI is InChI=1S/C9H12ClN2/c1-2-5-12-9(7-3-4-7)8(10)6-11-12/h7H,2-5H2,1H3. The van der Waals surface area contributed by atoms with Crippen molar-refractivity contribution in [2.75, 3.05) is 0 Å². The highest BCUT2D eigenvalue weighted by Crippen LogP contribution is 2.42. The third-order valence-electron chi connectivity index (χ3n) is 2.17. The van der Waals surface area contributed by atoms with E-state index in [1.54, 1.807) is 0 Å². The molecule has 3 heteroatoms. The van der Waals surface area contributed by atoms with E-state index in [4.69, 9.17) is 11.6 Å². The molecule has 12 heavy (non-hydrogen) atoms. The van der Waals surface area contributed by atoms with E-state index in [1.807, 2.05) is 4.68 Å². The van der Waals surface area contributed by atoms with Crippen molar-refractivity contribution in [1.29, 1.82) is 0 Å². The molecule has 1 radical (unpaired) electrons. The predicted molar refractivity (Wildman–Crippen MR) is 48.3 cm³/mol. The zero-order chi connectivity index (χ0) is 8.55. The molecule has 65 valence electrons. The molecule has 0 saturated heterocycles. The van der Waals surface area contributed by atoms with Gasteiger partial charge in [-0.15, -0.1) is 0 Å². The SMILES string of the molecule is CCCn1n[c]c(Cl)c1C1CC1. The van der Waals surface area contributed by atoms with Crippen molar-refractivity contribution in [2.24, 2.45) is 0 Å². The molecule has 0 atom stereocenters. The van der Waals surface area contributed by atoms with Crippen molar-refractivity contribution in [3.05, 3.63) is 16.9 Å². The molecule has 0 unspecified atom stereocenters. The number of halogens is 1. The van der Waals surface area contributed by atoms with Crippen LogP contribution in [-0.4, -0.2) is 9.78 Å². The molecule has 1 aliphatic rings. The topological polar surface area (TPSA) is 17.8 Å². The molecule has 1 aromatic rings. The summed E-state index contributed by atoms with van der Waals surface area (Å²) in [6.07, 6.45) is 6.46. The molecule has 0 amide bonds. The Hall–Kier alpha value is -0.500. The number of aryl methyl sites for hydroxylation is 1. The van der Waals surface area contributed by atoms with Crippen LogP contribution in [-0.2, 0) is 6.54 Å². The third kappa shape index (κ3) is 1.36. The number of aromatic nitrogens is 2. The summed E-state index contributed by atoms with van der Waals surface area (Å²) in [5, 5.41) is 4.85. The monoisotopic (exact) mass is 183 g/mol. The summed E-state index contributed by atoms with van der Waals surface area (Å²) in [7, 11) is 0. The Labute approximate surface area is 77.5 Å². The molecule has 2 nitrogen and oxygen atoms in total. The fourth-order valence-electron chi connectivity index (χ4n) is 1.46. The maximum Gasteiger partial charge on any atom is 0.133 e. The van der Waals surface area contributed by atoms with Crippen LogP contribution in [0, 0.1) is 6.20 Å². The van der Waals surface area contributed by atoms with Crippen LogP contribution >= 0.6 is 11.6 Å². The van der Waals surface area contributed by atoms with Crippen molar-refractivity contribution >= 4 is 11.6 Å². The zero-order valence-electron chi connectivity index (χ0n) is 7.18. The summed E-state index contributed by atoms with van der Waals surface area (Å²) in [6, 6.07) is 0. The van der Waals surface area contributed by atoms with Crippen LogP contribution in [0.3, 0.4) is 0 Å². The molecule has 0 spiro atoms. The second-order valence-corrected chi connectivity index (χ2v) is 3.69. The maximum atomic E-state index is 5.98. The van der Waals surface area contributed by atoms with Crippen molar-refractivity contribution in [3.63, 3.8) is 0 Å². The fourth-order valence-corrected chi connectivity index (χ4v) is 1.75. The van der Waals surface area contributed by atoms with Gasteiger partial charge >= 0.3 is 0 Å². The van der Waals surface area contributed by atoms with Gasteiger partial charge < -0.3 is 0 Å². The zero-order valence-corrected chi connectivity index (χ0v) is 7.93. The normalized spacial score (nSPS) is 16.8. The van der Waals surface area contributed by atoms with Gasteiger partial charge in [0.05, 0.1) is 10.7 Å². The molecular weight excluding hydrogens is 172 g/mol. The van der Waals surface area contributed by atoms with E-state index in [9.17, 15) is 0 Å². The molecular formula is C9H12ClN2. The van der Waals surface area contributed by atoms with Gasteiger partial charge in [-0.2, -0.15) is 5.10 Å². The Morgan fingerprint density at radius 2 is 2.42 bits per heavy atom. The van der Waals surface area contributed by atoms with E-state index in [1.165, 1.54) is 18.5 Å². The predicted octanol–water partition coefficient (Wildman–Crippen LogP) is 2.62. The summed E-state index contributed by atoms with van der Waals surface area (Å²) >= 11 is 5.98. The van der Waals surface area contributed by atoms with Gasteiger partial charge in [-0.25, -0.2) is 0 Å². The summed E-state index contributed by atoms with van der Waals surface area (Å²) in [5.41, 5.74) is 1.21. The van der Waals surface area contributed by atoms with Gasteiger partial charge in [0, 0.05) is 12.5 Å². The minimum atomic E-state index is 0.669. The highest BCUT2D eigenvalue weighted by Gasteiger charge is 2.29. The lowest BCUT2D eigenvalue weighted by Gasteiger charge is -2.03. The van der Waals surface area contributed by atoms with E-state index in [2.05, 4.69) is 18.2 Å². The van der Waals surface area contributed by atoms with Gasteiger partial charge in [0.1, 0.15) is 6.20 Å². The lowest BCUT2D eigenvalue weighted by molar-refractivity contribution is 0.574. The Bertz CT molecular complexity index is 276. The molecule has 0 N–H and O–H groups in total. The van der Waals surface area contributed by atoms with Crippen LogP contribution in [0.15, 0.2) is 0 Å². The summed E-state index contributed by atoms with van der Waals surface area (Å²) < 4.78 is 2.00. The highest BCUT2D eigenvalue weighted by molar-refractivity contribution is 6.31. The molecule has 1 aliphatic carbocycles. The van der Waals surface area contributed by atoms with Gasteiger partial charge in [0.2, 0.25) is 0 Å². The Morgan fingerprint density at radius 3 is 3.00 bits per heavy atom. The van der Waals surface area contributed by atoms with Crippen LogP contribution in [0.4, 0.5) is 0 Å². The number of rotatable bonds is 3.